The van der Waals surface area contributed by atoms with E-state index in [0.29, 0.717) is 6.61 Å². The first kappa shape index (κ1) is 27.1. The van der Waals surface area contributed by atoms with E-state index < -0.39 is 6.10 Å². The fourth-order valence-corrected chi connectivity index (χ4v) is 2.97. The molecule has 0 bridgehead atoms. The molecular weight excluding hydrogens is 307 g/mol. The van der Waals surface area contributed by atoms with E-state index in [1.165, 1.54) is 96.3 Å². The van der Waals surface area contributed by atoms with Crippen LogP contribution in [0.2, 0.25) is 0 Å². The Balaban J connectivity index is 0. The standard InChI is InChI=1S/C21H43O2.Na.H/c1-3-4-5-6-7-8-9-10-11-12-13-14-15-16-17-18-19-23-20-21(2)22;;/h21-22H,2-20H2,1H3;;. The van der Waals surface area contributed by atoms with Crippen molar-refractivity contribution in [3.63, 3.8) is 0 Å². The van der Waals surface area contributed by atoms with Gasteiger partial charge in [0.1, 0.15) is 0 Å². The summed E-state index contributed by atoms with van der Waals surface area (Å²) in [6.45, 7) is 6.91. The molecular formula is C21H44NaO2. The van der Waals surface area contributed by atoms with Crippen LogP contribution < -0.4 is 0 Å². The normalized spacial score (nSPS) is 12.1. The van der Waals surface area contributed by atoms with E-state index in [1.54, 1.807) is 0 Å². The van der Waals surface area contributed by atoms with Crippen molar-refractivity contribution in [3.05, 3.63) is 6.92 Å². The van der Waals surface area contributed by atoms with E-state index in [0.717, 1.165) is 13.0 Å². The van der Waals surface area contributed by atoms with E-state index in [9.17, 15) is 0 Å². The Morgan fingerprint density at radius 3 is 1.33 bits per heavy atom. The molecule has 0 saturated heterocycles. The van der Waals surface area contributed by atoms with Crippen LogP contribution in [-0.2, 0) is 4.74 Å². The summed E-state index contributed by atoms with van der Waals surface area (Å²) >= 11 is 0. The molecule has 3 heteroatoms. The summed E-state index contributed by atoms with van der Waals surface area (Å²) in [5, 5.41) is 8.95. The fourth-order valence-electron chi connectivity index (χ4n) is 2.97. The van der Waals surface area contributed by atoms with Crippen molar-refractivity contribution >= 4 is 29.6 Å². The third-order valence-corrected chi connectivity index (χ3v) is 4.45. The molecule has 0 heterocycles. The van der Waals surface area contributed by atoms with Gasteiger partial charge in [-0.3, -0.25) is 0 Å². The fraction of sp³-hybridized carbons (Fsp3) is 0.952. The molecule has 0 rings (SSSR count). The predicted molar refractivity (Wildman–Crippen MR) is 109 cm³/mol. The Morgan fingerprint density at radius 1 is 0.667 bits per heavy atom. The number of ether oxygens (including phenoxy) is 1. The number of hydrogen-bond acceptors (Lipinski definition) is 2. The quantitative estimate of drug-likeness (QED) is 0.235. The molecule has 0 aliphatic heterocycles. The molecule has 0 saturated carbocycles. The van der Waals surface area contributed by atoms with Gasteiger partial charge in [0.15, 0.2) is 0 Å². The molecule has 0 aromatic carbocycles. The third-order valence-electron chi connectivity index (χ3n) is 4.45. The van der Waals surface area contributed by atoms with Crippen LogP contribution in [0.4, 0.5) is 0 Å². The summed E-state index contributed by atoms with van der Waals surface area (Å²) in [6.07, 6.45) is 21.7. The molecule has 2 nitrogen and oxygen atoms in total. The van der Waals surface area contributed by atoms with E-state index >= 15 is 0 Å². The second-order valence-electron chi connectivity index (χ2n) is 7.03. The van der Waals surface area contributed by atoms with Crippen molar-refractivity contribution in [2.75, 3.05) is 13.2 Å². The zero-order chi connectivity index (χ0) is 17.0. The van der Waals surface area contributed by atoms with Crippen molar-refractivity contribution in [1.82, 2.24) is 0 Å². The summed E-state index contributed by atoms with van der Waals surface area (Å²) < 4.78 is 5.30. The van der Waals surface area contributed by atoms with Gasteiger partial charge in [-0.2, -0.15) is 0 Å². The topological polar surface area (TPSA) is 29.5 Å². The Labute approximate surface area is 174 Å². The van der Waals surface area contributed by atoms with Gasteiger partial charge in [-0.1, -0.05) is 103 Å². The molecule has 24 heavy (non-hydrogen) atoms. The number of aliphatic hydroxyl groups excluding tert-OH is 1. The average Bonchev–Trinajstić information content (AvgIpc) is 2.53. The van der Waals surface area contributed by atoms with E-state index in [2.05, 4.69) is 13.8 Å². The van der Waals surface area contributed by atoms with Gasteiger partial charge in [0, 0.05) is 6.61 Å². The van der Waals surface area contributed by atoms with Crippen LogP contribution in [0.25, 0.3) is 0 Å². The monoisotopic (exact) mass is 351 g/mol. The molecule has 1 N–H and O–H groups in total. The maximum atomic E-state index is 8.95. The van der Waals surface area contributed by atoms with Gasteiger partial charge >= 0.3 is 29.6 Å². The van der Waals surface area contributed by atoms with Gasteiger partial charge in [-0.05, 0) is 13.3 Å². The van der Waals surface area contributed by atoms with E-state index in [4.69, 9.17) is 9.84 Å². The second kappa shape index (κ2) is 23.9. The Hall–Kier alpha value is 0.920. The second-order valence-corrected chi connectivity index (χ2v) is 7.03. The molecule has 141 valence electrons. The number of hydrogen-bond donors (Lipinski definition) is 1. The molecule has 0 amide bonds. The van der Waals surface area contributed by atoms with Crippen LogP contribution in [0, 0.1) is 6.92 Å². The molecule has 0 aliphatic rings. The molecule has 0 aromatic heterocycles. The first-order chi connectivity index (χ1) is 11.3. The average molecular weight is 352 g/mol. The molecule has 0 fully saturated rings. The molecule has 0 aliphatic carbocycles. The van der Waals surface area contributed by atoms with Crippen molar-refractivity contribution in [2.45, 2.75) is 116 Å². The first-order valence-corrected chi connectivity index (χ1v) is 10.4. The molecule has 1 unspecified atom stereocenters. The number of aliphatic hydroxyl groups is 1. The summed E-state index contributed by atoms with van der Waals surface area (Å²) in [5.74, 6) is 0. The third kappa shape index (κ3) is 25.2. The van der Waals surface area contributed by atoms with Gasteiger partial charge in [-0.25, -0.2) is 0 Å². The van der Waals surface area contributed by atoms with Crippen molar-refractivity contribution in [3.8, 4) is 0 Å². The van der Waals surface area contributed by atoms with E-state index in [-0.39, 0.29) is 29.6 Å². The van der Waals surface area contributed by atoms with Gasteiger partial charge in [-0.15, -0.1) is 0 Å². The summed E-state index contributed by atoms with van der Waals surface area (Å²) in [6, 6.07) is 0. The van der Waals surface area contributed by atoms with Gasteiger partial charge in [0.2, 0.25) is 0 Å². The summed E-state index contributed by atoms with van der Waals surface area (Å²) in [4.78, 5) is 0. The van der Waals surface area contributed by atoms with Crippen molar-refractivity contribution in [1.29, 1.82) is 0 Å². The minimum absolute atomic E-state index is 0. The van der Waals surface area contributed by atoms with Crippen LogP contribution in [0.5, 0.6) is 0 Å². The Bertz CT molecular complexity index is 210. The zero-order valence-electron chi connectivity index (χ0n) is 15.9. The molecule has 0 aromatic rings. The first-order valence-electron chi connectivity index (χ1n) is 10.4. The van der Waals surface area contributed by atoms with Crippen LogP contribution in [-0.4, -0.2) is 54.0 Å². The SMILES string of the molecule is [CH2]C(O)COCCCCCCCCCCCCCCCCCC.[NaH]. The maximum absolute atomic E-state index is 8.95. The van der Waals surface area contributed by atoms with Gasteiger partial charge in [0.05, 0.1) is 12.7 Å². The van der Waals surface area contributed by atoms with Crippen molar-refractivity contribution in [2.24, 2.45) is 0 Å². The summed E-state index contributed by atoms with van der Waals surface area (Å²) in [5.41, 5.74) is 0. The Morgan fingerprint density at radius 2 is 1.00 bits per heavy atom. The molecule has 0 spiro atoms. The number of unbranched alkanes of at least 4 members (excludes halogenated alkanes) is 15. The van der Waals surface area contributed by atoms with Crippen LogP contribution in [0.15, 0.2) is 0 Å². The molecule has 1 atom stereocenters. The van der Waals surface area contributed by atoms with Gasteiger partial charge in [0.25, 0.3) is 0 Å². The van der Waals surface area contributed by atoms with Crippen LogP contribution in [0.1, 0.15) is 110 Å². The molecule has 1 radical (unpaired) electrons. The zero-order valence-corrected chi connectivity index (χ0v) is 15.9. The Kier molecular flexibility index (Phi) is 27.1. The summed E-state index contributed by atoms with van der Waals surface area (Å²) in [7, 11) is 0. The van der Waals surface area contributed by atoms with Crippen LogP contribution in [0.3, 0.4) is 0 Å². The van der Waals surface area contributed by atoms with Gasteiger partial charge < -0.3 is 9.84 Å². The predicted octanol–water partition coefficient (Wildman–Crippen LogP) is 5.81. The minimum atomic E-state index is -0.573. The number of rotatable bonds is 19. The van der Waals surface area contributed by atoms with Crippen LogP contribution >= 0.6 is 0 Å². The van der Waals surface area contributed by atoms with E-state index in [1.807, 2.05) is 0 Å². The van der Waals surface area contributed by atoms with Crippen molar-refractivity contribution < 1.29 is 9.84 Å².